The first kappa shape index (κ1) is 16.7. The Hall–Kier alpha value is -0.800. The molecule has 3 N–H and O–H groups in total. The van der Waals surface area contributed by atoms with Crippen molar-refractivity contribution in [3.63, 3.8) is 0 Å². The van der Waals surface area contributed by atoms with Crippen LogP contribution in [0, 0.1) is 28.6 Å². The Morgan fingerprint density at radius 1 is 1.12 bits per heavy atom. The molecule has 3 nitrogen and oxygen atoms in total. The summed E-state index contributed by atoms with van der Waals surface area (Å²) in [6.07, 6.45) is 11.5. The summed E-state index contributed by atoms with van der Waals surface area (Å²) in [5.41, 5.74) is 3.87. The zero-order chi connectivity index (χ0) is 17.1. The molecule has 0 unspecified atom stereocenters. The molecule has 0 aliphatic heterocycles. The average Bonchev–Trinajstić information content (AvgIpc) is 2.91. The molecule has 0 aromatic carbocycles. The molecule has 2 saturated carbocycles. The molecular weight excluding hydrogens is 296 g/mol. The normalized spacial score (nSPS) is 50.3. The molecule has 0 spiro atoms. The van der Waals surface area contributed by atoms with Gasteiger partial charge in [-0.1, -0.05) is 26.0 Å². The van der Waals surface area contributed by atoms with Gasteiger partial charge in [0.15, 0.2) is 0 Å². The van der Waals surface area contributed by atoms with Gasteiger partial charge in [0.25, 0.3) is 0 Å². The maximum Gasteiger partial charge on any atom is 0.0724 e. The van der Waals surface area contributed by atoms with Gasteiger partial charge in [-0.25, -0.2) is 0 Å². The van der Waals surface area contributed by atoms with Gasteiger partial charge in [0, 0.05) is 18.8 Å². The maximum absolute atomic E-state index is 10.1. The molecule has 7 atom stereocenters. The van der Waals surface area contributed by atoms with Crippen LogP contribution in [0.15, 0.2) is 23.4 Å². The van der Waals surface area contributed by atoms with Gasteiger partial charge in [0.1, 0.15) is 0 Å². The third kappa shape index (κ3) is 2.10. The number of hydrogen-bond acceptors (Lipinski definition) is 3. The lowest BCUT2D eigenvalue weighted by atomic mass is 9.49. The summed E-state index contributed by atoms with van der Waals surface area (Å²) < 4.78 is 0. The fraction of sp³-hybridized carbons (Fsp3) is 0.810. The topological polar surface area (TPSA) is 44.3 Å². The SMILES string of the molecule is CNC1=C2[C@H](CC[C@]3(C)[C@@H](NC)CC[C@@H]23)[C@@]2(C)C=C[C@H](O)C[C@H]2C1. The molecule has 134 valence electrons. The van der Waals surface area contributed by atoms with Crippen molar-refractivity contribution < 1.29 is 5.11 Å². The number of fused-ring (bicyclic) bond motifs is 5. The first-order valence-corrected chi connectivity index (χ1v) is 9.89. The Kier molecular flexibility index (Phi) is 3.89. The number of aliphatic hydroxyl groups excluding tert-OH is 1. The lowest BCUT2D eigenvalue weighted by Gasteiger charge is -2.56. The Balaban J connectivity index is 1.78. The van der Waals surface area contributed by atoms with E-state index in [4.69, 9.17) is 0 Å². The molecule has 0 bridgehead atoms. The lowest BCUT2D eigenvalue weighted by Crippen LogP contribution is -2.52. The Morgan fingerprint density at radius 2 is 1.92 bits per heavy atom. The summed E-state index contributed by atoms with van der Waals surface area (Å²) in [4.78, 5) is 0. The van der Waals surface area contributed by atoms with Crippen molar-refractivity contribution in [2.45, 2.75) is 64.5 Å². The fourth-order valence-corrected chi connectivity index (χ4v) is 6.88. The second kappa shape index (κ2) is 5.60. The van der Waals surface area contributed by atoms with Gasteiger partial charge >= 0.3 is 0 Å². The Morgan fingerprint density at radius 3 is 2.62 bits per heavy atom. The zero-order valence-electron chi connectivity index (χ0n) is 15.7. The number of rotatable bonds is 2. The number of nitrogens with one attached hydrogen (secondary N) is 2. The highest BCUT2D eigenvalue weighted by Gasteiger charge is 2.58. The van der Waals surface area contributed by atoms with E-state index in [2.05, 4.69) is 50.7 Å². The molecule has 4 rings (SSSR count). The first-order chi connectivity index (χ1) is 11.4. The van der Waals surface area contributed by atoms with Crippen LogP contribution in [0.3, 0.4) is 0 Å². The molecule has 0 aromatic heterocycles. The van der Waals surface area contributed by atoms with E-state index in [1.165, 1.54) is 31.4 Å². The average molecular weight is 331 g/mol. The van der Waals surface area contributed by atoms with Crippen LogP contribution in [-0.2, 0) is 0 Å². The molecule has 3 heteroatoms. The number of aliphatic hydroxyl groups is 1. The molecule has 0 heterocycles. The van der Waals surface area contributed by atoms with Gasteiger partial charge in [0.05, 0.1) is 6.10 Å². The summed E-state index contributed by atoms with van der Waals surface area (Å²) in [6, 6.07) is 0.656. The predicted molar refractivity (Wildman–Crippen MR) is 98.5 cm³/mol. The minimum Gasteiger partial charge on any atom is -0.391 e. The second-order valence-corrected chi connectivity index (χ2v) is 9.18. The van der Waals surface area contributed by atoms with Crippen LogP contribution in [0.1, 0.15) is 52.4 Å². The lowest BCUT2D eigenvalue weighted by molar-refractivity contribution is 0.0302. The standard InChI is InChI=1S/C21H34N2O/c1-20-9-7-14(24)11-13(20)12-17(22-3)19-15-5-6-18(23-4)21(15,2)10-8-16(19)20/h7,9,13-16,18,22-24H,5-6,8,10-12H2,1-4H3/t13-,14-,15-,16-,18-,20-,21-/m0/s1. The molecule has 2 fully saturated rings. The highest BCUT2D eigenvalue weighted by Crippen LogP contribution is 2.64. The van der Waals surface area contributed by atoms with E-state index in [-0.39, 0.29) is 11.5 Å². The van der Waals surface area contributed by atoms with Crippen LogP contribution in [0.4, 0.5) is 0 Å². The van der Waals surface area contributed by atoms with Crippen LogP contribution in [0.5, 0.6) is 0 Å². The van der Waals surface area contributed by atoms with E-state index in [1.54, 1.807) is 5.57 Å². The van der Waals surface area contributed by atoms with E-state index in [1.807, 2.05) is 0 Å². The molecule has 4 aliphatic rings. The largest absolute Gasteiger partial charge is 0.391 e. The van der Waals surface area contributed by atoms with Crippen LogP contribution < -0.4 is 10.6 Å². The third-order valence-corrected chi connectivity index (χ3v) is 8.34. The van der Waals surface area contributed by atoms with Crippen molar-refractivity contribution in [1.29, 1.82) is 0 Å². The van der Waals surface area contributed by atoms with Crippen molar-refractivity contribution in [3.05, 3.63) is 23.4 Å². The summed E-state index contributed by atoms with van der Waals surface area (Å²) >= 11 is 0. The van der Waals surface area contributed by atoms with Gasteiger partial charge in [-0.2, -0.15) is 0 Å². The van der Waals surface area contributed by atoms with Crippen molar-refractivity contribution in [2.24, 2.45) is 28.6 Å². The van der Waals surface area contributed by atoms with Crippen molar-refractivity contribution >= 4 is 0 Å². The van der Waals surface area contributed by atoms with E-state index in [9.17, 15) is 5.11 Å². The van der Waals surface area contributed by atoms with Crippen LogP contribution in [-0.4, -0.2) is 31.3 Å². The molecule has 0 amide bonds. The van der Waals surface area contributed by atoms with Gasteiger partial charge in [-0.3, -0.25) is 0 Å². The van der Waals surface area contributed by atoms with Crippen molar-refractivity contribution in [2.75, 3.05) is 14.1 Å². The fourth-order valence-electron chi connectivity index (χ4n) is 6.88. The minimum absolute atomic E-state index is 0.230. The summed E-state index contributed by atoms with van der Waals surface area (Å²) in [5.74, 6) is 1.94. The number of hydrogen-bond donors (Lipinski definition) is 3. The predicted octanol–water partition coefficient (Wildman–Crippen LogP) is 3.22. The first-order valence-electron chi connectivity index (χ1n) is 9.89. The highest BCUT2D eigenvalue weighted by atomic mass is 16.3. The van der Waals surface area contributed by atoms with Crippen LogP contribution in [0.2, 0.25) is 0 Å². The van der Waals surface area contributed by atoms with E-state index < -0.39 is 0 Å². The maximum atomic E-state index is 10.1. The third-order valence-electron chi connectivity index (χ3n) is 8.34. The zero-order valence-corrected chi connectivity index (χ0v) is 15.7. The van der Waals surface area contributed by atoms with Gasteiger partial charge in [-0.05, 0) is 79.7 Å². The summed E-state index contributed by atoms with van der Waals surface area (Å²) in [5, 5.41) is 17.3. The van der Waals surface area contributed by atoms with Crippen molar-refractivity contribution in [1.82, 2.24) is 10.6 Å². The van der Waals surface area contributed by atoms with Gasteiger partial charge < -0.3 is 15.7 Å². The summed E-state index contributed by atoms with van der Waals surface area (Å²) in [7, 11) is 4.24. The Bertz CT molecular complexity index is 582. The quantitative estimate of drug-likeness (QED) is 0.681. The smallest absolute Gasteiger partial charge is 0.0724 e. The second-order valence-electron chi connectivity index (χ2n) is 9.18. The van der Waals surface area contributed by atoms with Gasteiger partial charge in [0.2, 0.25) is 0 Å². The molecule has 4 aliphatic carbocycles. The molecule has 24 heavy (non-hydrogen) atoms. The molecule has 0 saturated heterocycles. The Labute approximate surface area is 147 Å². The van der Waals surface area contributed by atoms with E-state index in [0.717, 1.165) is 12.8 Å². The summed E-state index contributed by atoms with van der Waals surface area (Å²) in [6.45, 7) is 4.99. The van der Waals surface area contributed by atoms with Crippen molar-refractivity contribution in [3.8, 4) is 0 Å². The van der Waals surface area contributed by atoms with E-state index >= 15 is 0 Å². The molecular formula is C21H34N2O. The van der Waals surface area contributed by atoms with E-state index in [0.29, 0.717) is 29.2 Å². The molecule has 0 aromatic rings. The number of allylic oxidation sites excluding steroid dienone is 3. The van der Waals surface area contributed by atoms with Crippen LogP contribution >= 0.6 is 0 Å². The van der Waals surface area contributed by atoms with Gasteiger partial charge in [-0.15, -0.1) is 0 Å². The molecule has 0 radical (unpaired) electrons. The minimum atomic E-state index is -0.253. The van der Waals surface area contributed by atoms with Crippen LogP contribution in [0.25, 0.3) is 0 Å². The monoisotopic (exact) mass is 330 g/mol. The highest BCUT2D eigenvalue weighted by molar-refractivity contribution is 5.35.